The highest BCUT2D eigenvalue weighted by molar-refractivity contribution is 5.53. The van der Waals surface area contributed by atoms with E-state index in [0.717, 1.165) is 25.0 Å². The molecule has 0 aliphatic rings. The van der Waals surface area contributed by atoms with Gasteiger partial charge in [0.1, 0.15) is 6.29 Å². The molecular weight excluding hydrogens is 164 g/mol. The van der Waals surface area contributed by atoms with E-state index < -0.39 is 0 Å². The van der Waals surface area contributed by atoms with Gasteiger partial charge in [-0.3, -0.25) is 0 Å². The van der Waals surface area contributed by atoms with Gasteiger partial charge in [0.25, 0.3) is 0 Å². The Morgan fingerprint density at radius 3 is 2.23 bits per heavy atom. The van der Waals surface area contributed by atoms with Crippen LogP contribution >= 0.6 is 0 Å². The Morgan fingerprint density at radius 1 is 1.23 bits per heavy atom. The first-order valence-corrected chi connectivity index (χ1v) is 5.09. The third-order valence-electron chi connectivity index (χ3n) is 2.37. The van der Waals surface area contributed by atoms with Crippen LogP contribution in [0.5, 0.6) is 0 Å². The Hall–Kier alpha value is -0.370. The van der Waals surface area contributed by atoms with Crippen molar-refractivity contribution in [2.45, 2.75) is 46.1 Å². The average Bonchev–Trinajstić information content (AvgIpc) is 2.11. The number of carbonyl (C=O) groups is 1. The Balaban J connectivity index is 3.65. The van der Waals surface area contributed by atoms with Gasteiger partial charge in [-0.05, 0) is 12.3 Å². The zero-order chi connectivity index (χ0) is 10.3. The normalized spacial score (nSPS) is 15.8. The van der Waals surface area contributed by atoms with Crippen LogP contribution in [-0.2, 0) is 9.53 Å². The van der Waals surface area contributed by atoms with E-state index in [1.165, 1.54) is 6.42 Å². The van der Waals surface area contributed by atoms with Gasteiger partial charge in [-0.1, -0.05) is 33.6 Å². The Kier molecular flexibility index (Phi) is 6.87. The van der Waals surface area contributed by atoms with E-state index in [1.807, 2.05) is 6.92 Å². The van der Waals surface area contributed by atoms with Crippen LogP contribution in [0.1, 0.15) is 40.0 Å². The second-order valence-electron chi connectivity index (χ2n) is 4.09. The highest BCUT2D eigenvalue weighted by Gasteiger charge is 2.15. The molecule has 0 aromatic rings. The van der Waals surface area contributed by atoms with Crippen LogP contribution in [-0.4, -0.2) is 19.5 Å². The minimum absolute atomic E-state index is 0.0252. The summed E-state index contributed by atoms with van der Waals surface area (Å²) in [4.78, 5) is 10.5. The second-order valence-corrected chi connectivity index (χ2v) is 4.09. The van der Waals surface area contributed by atoms with Gasteiger partial charge >= 0.3 is 0 Å². The van der Waals surface area contributed by atoms with Gasteiger partial charge in [-0.15, -0.1) is 0 Å². The van der Waals surface area contributed by atoms with Gasteiger partial charge in [-0.25, -0.2) is 0 Å². The summed E-state index contributed by atoms with van der Waals surface area (Å²) in [5, 5.41) is 0. The molecule has 0 heterocycles. The van der Waals surface area contributed by atoms with Gasteiger partial charge in [-0.2, -0.15) is 0 Å². The molecule has 2 nitrogen and oxygen atoms in total. The topological polar surface area (TPSA) is 26.3 Å². The molecule has 2 heteroatoms. The van der Waals surface area contributed by atoms with Crippen LogP contribution in [0.15, 0.2) is 0 Å². The summed E-state index contributed by atoms with van der Waals surface area (Å²) in [6, 6.07) is 0. The maximum Gasteiger partial charge on any atom is 0.125 e. The first-order valence-electron chi connectivity index (χ1n) is 5.09. The molecule has 13 heavy (non-hydrogen) atoms. The zero-order valence-corrected chi connectivity index (χ0v) is 9.25. The van der Waals surface area contributed by atoms with Crippen molar-refractivity contribution in [1.82, 2.24) is 0 Å². The lowest BCUT2D eigenvalue weighted by Crippen LogP contribution is -2.21. The zero-order valence-electron chi connectivity index (χ0n) is 9.25. The predicted molar refractivity (Wildman–Crippen MR) is 54.7 cm³/mol. The molecule has 0 saturated heterocycles. The molecule has 0 amide bonds. The predicted octanol–water partition coefficient (Wildman–Crippen LogP) is 2.66. The van der Waals surface area contributed by atoms with Crippen molar-refractivity contribution in [3.8, 4) is 0 Å². The van der Waals surface area contributed by atoms with Gasteiger partial charge in [0.05, 0.1) is 6.10 Å². The first kappa shape index (κ1) is 12.6. The first-order chi connectivity index (χ1) is 6.11. The van der Waals surface area contributed by atoms with E-state index >= 15 is 0 Å². The molecular formula is C11H22O2. The highest BCUT2D eigenvalue weighted by atomic mass is 16.5. The molecule has 0 aliphatic heterocycles. The number of hydrogen-bond acceptors (Lipinski definition) is 2. The summed E-state index contributed by atoms with van der Waals surface area (Å²) in [5.74, 6) is 0.765. The molecule has 0 aliphatic carbocycles. The van der Waals surface area contributed by atoms with Gasteiger partial charge in [0, 0.05) is 13.0 Å². The number of aldehydes is 1. The van der Waals surface area contributed by atoms with Gasteiger partial charge in [0.15, 0.2) is 0 Å². The van der Waals surface area contributed by atoms with Crippen molar-refractivity contribution in [1.29, 1.82) is 0 Å². The fourth-order valence-corrected chi connectivity index (χ4v) is 1.41. The smallest absolute Gasteiger partial charge is 0.125 e. The van der Waals surface area contributed by atoms with E-state index in [-0.39, 0.29) is 12.0 Å². The van der Waals surface area contributed by atoms with Crippen molar-refractivity contribution in [3.05, 3.63) is 0 Å². The van der Waals surface area contributed by atoms with Crippen LogP contribution in [0, 0.1) is 11.8 Å². The molecule has 78 valence electrons. The lowest BCUT2D eigenvalue weighted by atomic mass is 9.98. The molecule has 0 aromatic heterocycles. The SMILES string of the molecule is COC(CCCC(C)C)C(C)C=O. The van der Waals surface area contributed by atoms with Crippen molar-refractivity contribution >= 4 is 6.29 Å². The number of carbonyl (C=O) groups excluding carboxylic acids is 1. The van der Waals surface area contributed by atoms with E-state index in [9.17, 15) is 4.79 Å². The third-order valence-corrected chi connectivity index (χ3v) is 2.37. The lowest BCUT2D eigenvalue weighted by molar-refractivity contribution is -0.114. The highest BCUT2D eigenvalue weighted by Crippen LogP contribution is 2.14. The maximum absolute atomic E-state index is 10.5. The molecule has 2 atom stereocenters. The van der Waals surface area contributed by atoms with Crippen molar-refractivity contribution in [2.75, 3.05) is 7.11 Å². The summed E-state index contributed by atoms with van der Waals surface area (Å²) in [6.07, 6.45) is 4.44. The Morgan fingerprint density at radius 2 is 1.85 bits per heavy atom. The monoisotopic (exact) mass is 186 g/mol. The Bertz CT molecular complexity index is 132. The lowest BCUT2D eigenvalue weighted by Gasteiger charge is -2.18. The van der Waals surface area contributed by atoms with Crippen LogP contribution < -0.4 is 0 Å². The molecule has 2 unspecified atom stereocenters. The van der Waals surface area contributed by atoms with E-state index in [4.69, 9.17) is 4.74 Å². The molecule has 0 bridgehead atoms. The summed E-state index contributed by atoms with van der Waals surface area (Å²) in [5.41, 5.74) is 0. The summed E-state index contributed by atoms with van der Waals surface area (Å²) in [7, 11) is 1.68. The molecule has 0 aromatic carbocycles. The summed E-state index contributed by atoms with van der Waals surface area (Å²) < 4.78 is 5.25. The molecule has 0 radical (unpaired) electrons. The molecule has 0 fully saturated rings. The summed E-state index contributed by atoms with van der Waals surface area (Å²) in [6.45, 7) is 6.34. The maximum atomic E-state index is 10.5. The van der Waals surface area contributed by atoms with E-state index in [1.54, 1.807) is 7.11 Å². The summed E-state index contributed by atoms with van der Waals surface area (Å²) >= 11 is 0. The molecule has 0 N–H and O–H groups in total. The molecule has 0 rings (SSSR count). The average molecular weight is 186 g/mol. The van der Waals surface area contributed by atoms with Crippen LogP contribution in [0.2, 0.25) is 0 Å². The molecule has 0 spiro atoms. The van der Waals surface area contributed by atoms with Crippen molar-refractivity contribution in [3.63, 3.8) is 0 Å². The number of ether oxygens (including phenoxy) is 1. The minimum Gasteiger partial charge on any atom is -0.381 e. The third kappa shape index (κ3) is 5.81. The fraction of sp³-hybridized carbons (Fsp3) is 0.909. The fourth-order valence-electron chi connectivity index (χ4n) is 1.41. The van der Waals surface area contributed by atoms with Crippen LogP contribution in [0.3, 0.4) is 0 Å². The minimum atomic E-state index is 0.0252. The number of hydrogen-bond donors (Lipinski definition) is 0. The second kappa shape index (κ2) is 7.07. The van der Waals surface area contributed by atoms with Crippen LogP contribution in [0.4, 0.5) is 0 Å². The molecule has 0 saturated carbocycles. The van der Waals surface area contributed by atoms with E-state index in [2.05, 4.69) is 13.8 Å². The number of rotatable bonds is 7. The Labute approximate surface area is 81.7 Å². The van der Waals surface area contributed by atoms with Crippen molar-refractivity contribution in [2.24, 2.45) is 11.8 Å². The van der Waals surface area contributed by atoms with Crippen LogP contribution in [0.25, 0.3) is 0 Å². The van der Waals surface area contributed by atoms with Crippen molar-refractivity contribution < 1.29 is 9.53 Å². The number of methoxy groups -OCH3 is 1. The quantitative estimate of drug-likeness (QED) is 0.571. The van der Waals surface area contributed by atoms with E-state index in [0.29, 0.717) is 0 Å². The standard InChI is InChI=1S/C11H22O2/c1-9(2)6-5-7-11(13-4)10(3)8-12/h8-11H,5-7H2,1-4H3. The van der Waals surface area contributed by atoms with Gasteiger partial charge in [0.2, 0.25) is 0 Å². The largest absolute Gasteiger partial charge is 0.381 e. The van der Waals surface area contributed by atoms with Gasteiger partial charge < -0.3 is 9.53 Å².